The lowest BCUT2D eigenvalue weighted by molar-refractivity contribution is -0.916. The summed E-state index contributed by atoms with van der Waals surface area (Å²) in [5, 5.41) is 3.04. The summed E-state index contributed by atoms with van der Waals surface area (Å²) in [6.45, 7) is 4.82. The molecule has 1 heterocycles. The summed E-state index contributed by atoms with van der Waals surface area (Å²) in [5.41, 5.74) is 3.27. The van der Waals surface area contributed by atoms with E-state index in [9.17, 15) is 9.18 Å². The first kappa shape index (κ1) is 19.1. The van der Waals surface area contributed by atoms with Crippen LogP contribution >= 0.6 is 0 Å². The molecule has 1 amide bonds. The Labute approximate surface area is 166 Å². The minimum absolute atomic E-state index is 0.0435. The second-order valence-corrected chi connectivity index (χ2v) is 8.29. The van der Waals surface area contributed by atoms with Gasteiger partial charge in [-0.2, -0.15) is 0 Å². The summed E-state index contributed by atoms with van der Waals surface area (Å²) in [5.74, 6) is -0.175. The van der Waals surface area contributed by atoms with E-state index >= 15 is 0 Å². The number of nitrogens with one attached hydrogen (secondary N) is 3. The molecule has 2 aromatic rings. The SMILES string of the molecule is O=C(C[NH+](Cc1ccc(F)cc1)C1CC1)Nc1ccc(C[NH+]2CCCC2)cc1. The molecule has 5 heteroatoms. The van der Waals surface area contributed by atoms with Crippen LogP contribution in [-0.4, -0.2) is 31.6 Å². The van der Waals surface area contributed by atoms with Crippen LogP contribution in [0.15, 0.2) is 48.5 Å². The quantitative estimate of drug-likeness (QED) is 0.630. The highest BCUT2D eigenvalue weighted by Gasteiger charge is 2.34. The highest BCUT2D eigenvalue weighted by atomic mass is 19.1. The lowest BCUT2D eigenvalue weighted by Crippen LogP contribution is -3.13. The maximum Gasteiger partial charge on any atom is 0.279 e. The van der Waals surface area contributed by atoms with Gasteiger partial charge in [0, 0.05) is 42.5 Å². The monoisotopic (exact) mass is 383 g/mol. The molecule has 28 heavy (non-hydrogen) atoms. The van der Waals surface area contributed by atoms with Crippen molar-refractivity contribution >= 4 is 11.6 Å². The van der Waals surface area contributed by atoms with Crippen LogP contribution in [0.1, 0.15) is 36.8 Å². The number of anilines is 1. The molecule has 4 nitrogen and oxygen atoms in total. The van der Waals surface area contributed by atoms with Crippen molar-refractivity contribution < 1.29 is 19.0 Å². The fourth-order valence-electron chi connectivity index (χ4n) is 4.16. The summed E-state index contributed by atoms with van der Waals surface area (Å²) in [6, 6.07) is 15.4. The molecule has 1 aliphatic carbocycles. The molecule has 3 N–H and O–H groups in total. The molecule has 2 fully saturated rings. The van der Waals surface area contributed by atoms with E-state index in [1.807, 2.05) is 24.3 Å². The average Bonchev–Trinajstić information content (AvgIpc) is 3.42. The van der Waals surface area contributed by atoms with E-state index in [0.29, 0.717) is 12.6 Å². The number of hydrogen-bond acceptors (Lipinski definition) is 1. The Balaban J connectivity index is 1.30. The number of benzene rings is 2. The predicted octanol–water partition coefficient (Wildman–Crippen LogP) is 1.19. The summed E-state index contributed by atoms with van der Waals surface area (Å²) >= 11 is 0. The Hall–Kier alpha value is -2.24. The molecule has 1 saturated heterocycles. The topological polar surface area (TPSA) is 38.0 Å². The molecule has 1 atom stereocenters. The first-order valence-electron chi connectivity index (χ1n) is 10.5. The molecule has 0 radical (unpaired) electrons. The molecular weight excluding hydrogens is 353 g/mol. The standard InChI is InChI=1S/C23H28FN3O/c24-20-7-3-19(4-8-20)16-27(22-11-12-22)17-23(28)25-21-9-5-18(6-10-21)15-26-13-1-2-14-26/h3-10,22H,1-2,11-17H2,(H,25,28)/p+2. The van der Waals surface area contributed by atoms with Gasteiger partial charge in [0.25, 0.3) is 5.91 Å². The predicted molar refractivity (Wildman–Crippen MR) is 108 cm³/mol. The maximum absolute atomic E-state index is 13.1. The number of rotatable bonds is 8. The van der Waals surface area contributed by atoms with Crippen molar-refractivity contribution in [3.63, 3.8) is 0 Å². The molecule has 0 bridgehead atoms. The van der Waals surface area contributed by atoms with E-state index in [-0.39, 0.29) is 11.7 Å². The number of hydrogen-bond donors (Lipinski definition) is 3. The lowest BCUT2D eigenvalue weighted by atomic mass is 10.2. The zero-order valence-corrected chi connectivity index (χ0v) is 16.3. The molecule has 148 valence electrons. The van der Waals surface area contributed by atoms with Gasteiger partial charge in [-0.1, -0.05) is 24.3 Å². The summed E-state index contributed by atoms with van der Waals surface area (Å²) in [6.07, 6.45) is 5.00. The maximum atomic E-state index is 13.1. The van der Waals surface area contributed by atoms with E-state index in [1.54, 1.807) is 4.90 Å². The van der Waals surface area contributed by atoms with Crippen molar-refractivity contribution in [3.8, 4) is 0 Å². The van der Waals surface area contributed by atoms with Crippen LogP contribution in [0.2, 0.25) is 0 Å². The highest BCUT2D eigenvalue weighted by Crippen LogP contribution is 2.16. The number of carbonyl (C=O) groups is 1. The minimum Gasteiger partial charge on any atom is -0.331 e. The molecule has 0 spiro atoms. The van der Waals surface area contributed by atoms with E-state index in [2.05, 4.69) is 17.4 Å². The van der Waals surface area contributed by atoms with Crippen molar-refractivity contribution in [1.82, 2.24) is 0 Å². The summed E-state index contributed by atoms with van der Waals surface area (Å²) < 4.78 is 13.1. The molecule has 1 unspecified atom stereocenters. The van der Waals surface area contributed by atoms with Crippen molar-refractivity contribution in [2.24, 2.45) is 0 Å². The van der Waals surface area contributed by atoms with Crippen molar-refractivity contribution in [1.29, 1.82) is 0 Å². The van der Waals surface area contributed by atoms with E-state index in [1.165, 1.54) is 48.5 Å². The van der Waals surface area contributed by atoms with Crippen molar-refractivity contribution in [2.75, 3.05) is 25.0 Å². The van der Waals surface area contributed by atoms with E-state index < -0.39 is 0 Å². The minimum atomic E-state index is -0.218. The number of halogens is 1. The second kappa shape index (κ2) is 8.84. The highest BCUT2D eigenvalue weighted by molar-refractivity contribution is 5.91. The molecule has 4 rings (SSSR count). The van der Waals surface area contributed by atoms with Gasteiger partial charge in [0.2, 0.25) is 0 Å². The van der Waals surface area contributed by atoms with Crippen LogP contribution < -0.4 is 15.1 Å². The Morgan fingerprint density at radius 2 is 1.64 bits per heavy atom. The molecule has 2 aliphatic rings. The molecule has 1 saturated carbocycles. The second-order valence-electron chi connectivity index (χ2n) is 8.29. The van der Waals surface area contributed by atoms with Crippen molar-refractivity contribution in [2.45, 2.75) is 44.8 Å². The Bertz CT molecular complexity index is 780. The van der Waals surface area contributed by atoms with Gasteiger partial charge in [-0.15, -0.1) is 0 Å². The van der Waals surface area contributed by atoms with Crippen LogP contribution in [0.3, 0.4) is 0 Å². The molecular formula is C23H30FN3O+2. The Morgan fingerprint density at radius 3 is 2.29 bits per heavy atom. The van der Waals surface area contributed by atoms with Gasteiger partial charge < -0.3 is 15.1 Å². The van der Waals surface area contributed by atoms with Crippen LogP contribution in [0.25, 0.3) is 0 Å². The third kappa shape index (κ3) is 5.40. The number of carbonyl (C=O) groups excluding carboxylic acids is 1. The van der Waals surface area contributed by atoms with Crippen LogP contribution in [0.4, 0.5) is 10.1 Å². The van der Waals surface area contributed by atoms with Crippen molar-refractivity contribution in [3.05, 3.63) is 65.5 Å². The van der Waals surface area contributed by atoms with Crippen LogP contribution in [0.5, 0.6) is 0 Å². The van der Waals surface area contributed by atoms with Gasteiger partial charge >= 0.3 is 0 Å². The lowest BCUT2D eigenvalue weighted by Gasteiger charge is -2.19. The fourth-order valence-corrected chi connectivity index (χ4v) is 4.16. The first-order valence-corrected chi connectivity index (χ1v) is 10.5. The number of quaternary nitrogens is 2. The third-order valence-corrected chi connectivity index (χ3v) is 5.89. The summed E-state index contributed by atoms with van der Waals surface area (Å²) in [7, 11) is 0. The van der Waals surface area contributed by atoms with E-state index in [0.717, 1.165) is 37.2 Å². The number of likely N-dealkylation sites (tertiary alicyclic amines) is 1. The van der Waals surface area contributed by atoms with Crippen LogP contribution in [0, 0.1) is 5.82 Å². The Kier molecular flexibility index (Phi) is 6.03. The van der Waals surface area contributed by atoms with Gasteiger partial charge in [0.05, 0.1) is 19.1 Å². The smallest absolute Gasteiger partial charge is 0.279 e. The van der Waals surface area contributed by atoms with Gasteiger partial charge in [-0.05, 0) is 24.3 Å². The van der Waals surface area contributed by atoms with Crippen LogP contribution in [-0.2, 0) is 17.9 Å². The van der Waals surface area contributed by atoms with Gasteiger partial charge in [0.1, 0.15) is 18.9 Å². The fraction of sp³-hybridized carbons (Fsp3) is 0.435. The van der Waals surface area contributed by atoms with Gasteiger partial charge in [-0.25, -0.2) is 4.39 Å². The average molecular weight is 384 g/mol. The Morgan fingerprint density at radius 1 is 1.00 bits per heavy atom. The zero-order valence-electron chi connectivity index (χ0n) is 16.3. The first-order chi connectivity index (χ1) is 13.7. The third-order valence-electron chi connectivity index (χ3n) is 5.89. The number of amides is 1. The molecule has 2 aromatic carbocycles. The normalized spacial score (nSPS) is 18.2. The molecule has 0 aromatic heterocycles. The summed E-state index contributed by atoms with van der Waals surface area (Å²) in [4.78, 5) is 15.5. The largest absolute Gasteiger partial charge is 0.331 e. The molecule has 1 aliphatic heterocycles. The van der Waals surface area contributed by atoms with Gasteiger partial charge in [-0.3, -0.25) is 4.79 Å². The van der Waals surface area contributed by atoms with E-state index in [4.69, 9.17) is 0 Å². The zero-order chi connectivity index (χ0) is 19.3. The van der Waals surface area contributed by atoms with Gasteiger partial charge in [0.15, 0.2) is 6.54 Å².